The van der Waals surface area contributed by atoms with Crippen molar-refractivity contribution in [3.63, 3.8) is 0 Å². The molecule has 0 fully saturated rings. The number of hydrogen-bond donors (Lipinski definition) is 0. The number of carbonyl (C=O) groups excluding carboxylic acids is 3. The Balaban J connectivity index is 2.29. The van der Waals surface area contributed by atoms with E-state index in [1.54, 1.807) is 24.3 Å². The fraction of sp³-hybridized carbons (Fsp3) is 0.250. The van der Waals surface area contributed by atoms with E-state index in [1.165, 1.54) is 0 Å². The molecule has 5 heteroatoms. The van der Waals surface area contributed by atoms with Gasteiger partial charge in [0.2, 0.25) is 0 Å². The van der Waals surface area contributed by atoms with E-state index in [9.17, 15) is 14.4 Å². The van der Waals surface area contributed by atoms with Crippen molar-refractivity contribution < 1.29 is 23.9 Å². The molecule has 1 aliphatic heterocycles. The Morgan fingerprint density at radius 2 is 2.06 bits per heavy atom. The van der Waals surface area contributed by atoms with E-state index in [-0.39, 0.29) is 6.61 Å². The fourth-order valence-electron chi connectivity index (χ4n) is 1.67. The van der Waals surface area contributed by atoms with Crippen LogP contribution in [0.25, 0.3) is 0 Å². The highest BCUT2D eigenvalue weighted by Crippen LogP contribution is 2.27. The van der Waals surface area contributed by atoms with Crippen LogP contribution >= 0.6 is 0 Å². The monoisotopic (exact) mass is 234 g/mol. The Hall–Kier alpha value is -2.17. The number of rotatable bonds is 2. The molecule has 1 aliphatic rings. The van der Waals surface area contributed by atoms with Crippen molar-refractivity contribution in [2.24, 2.45) is 5.92 Å². The van der Waals surface area contributed by atoms with Crippen molar-refractivity contribution in [3.05, 3.63) is 29.8 Å². The van der Waals surface area contributed by atoms with E-state index in [1.807, 2.05) is 0 Å². The summed E-state index contributed by atoms with van der Waals surface area (Å²) in [6, 6.07) is 6.61. The number of benzene rings is 1. The summed E-state index contributed by atoms with van der Waals surface area (Å²) in [5, 5.41) is 0. The van der Waals surface area contributed by atoms with Gasteiger partial charge in [0.05, 0.1) is 12.7 Å². The van der Waals surface area contributed by atoms with Gasteiger partial charge < -0.3 is 9.47 Å². The zero-order chi connectivity index (χ0) is 12.4. The number of methoxy groups -OCH3 is 1. The SMILES string of the molecule is COC(=O)C(=O)[C@H]1COc2ccccc2C1=O. The van der Waals surface area contributed by atoms with Gasteiger partial charge in [-0.1, -0.05) is 12.1 Å². The molecular weight excluding hydrogens is 224 g/mol. The van der Waals surface area contributed by atoms with Crippen LogP contribution in [0.3, 0.4) is 0 Å². The summed E-state index contributed by atoms with van der Waals surface area (Å²) >= 11 is 0. The van der Waals surface area contributed by atoms with Crippen LogP contribution in [-0.2, 0) is 14.3 Å². The number of esters is 1. The molecular formula is C12H10O5. The summed E-state index contributed by atoms with van der Waals surface area (Å²) in [4.78, 5) is 34.6. The molecule has 2 rings (SSSR count). The molecule has 0 aliphatic carbocycles. The number of Topliss-reactive ketones (excluding diaryl/α,β-unsaturated/α-hetero) is 2. The molecule has 0 unspecified atom stereocenters. The minimum Gasteiger partial charge on any atom is -0.492 e. The third-order valence-electron chi connectivity index (χ3n) is 2.58. The topological polar surface area (TPSA) is 69.7 Å². The largest absolute Gasteiger partial charge is 0.492 e. The molecule has 17 heavy (non-hydrogen) atoms. The number of fused-ring (bicyclic) bond motifs is 1. The van der Waals surface area contributed by atoms with Crippen LogP contribution in [0.1, 0.15) is 10.4 Å². The predicted octanol–water partition coefficient (Wildman–Crippen LogP) is 0.620. The predicted molar refractivity (Wildman–Crippen MR) is 56.8 cm³/mol. The zero-order valence-electron chi connectivity index (χ0n) is 9.14. The first-order chi connectivity index (χ1) is 8.15. The Kier molecular flexibility index (Phi) is 2.91. The van der Waals surface area contributed by atoms with Gasteiger partial charge in [0.1, 0.15) is 18.3 Å². The maximum Gasteiger partial charge on any atom is 0.375 e. The van der Waals surface area contributed by atoms with Gasteiger partial charge in [-0.15, -0.1) is 0 Å². The standard InChI is InChI=1S/C12H10O5/c1-16-12(15)11(14)8-6-17-9-5-3-2-4-7(9)10(8)13/h2-5,8H,6H2,1H3/t8-/m0/s1. The zero-order valence-corrected chi connectivity index (χ0v) is 9.14. The lowest BCUT2D eigenvalue weighted by Gasteiger charge is -2.22. The Morgan fingerprint density at radius 3 is 2.76 bits per heavy atom. The number of ether oxygens (including phenoxy) is 2. The van der Waals surface area contributed by atoms with Crippen LogP contribution in [-0.4, -0.2) is 31.3 Å². The molecule has 1 aromatic carbocycles. The van der Waals surface area contributed by atoms with Gasteiger partial charge in [-0.2, -0.15) is 0 Å². The average Bonchev–Trinajstić information content (AvgIpc) is 2.38. The van der Waals surface area contributed by atoms with Gasteiger partial charge in [-0.25, -0.2) is 4.79 Å². The van der Waals surface area contributed by atoms with Crippen LogP contribution in [0.4, 0.5) is 0 Å². The van der Waals surface area contributed by atoms with Gasteiger partial charge in [-0.05, 0) is 12.1 Å². The van der Waals surface area contributed by atoms with Gasteiger partial charge in [-0.3, -0.25) is 9.59 Å². The lowest BCUT2D eigenvalue weighted by molar-refractivity contribution is -0.153. The molecule has 0 saturated heterocycles. The number of ketones is 2. The molecule has 5 nitrogen and oxygen atoms in total. The maximum atomic E-state index is 12.0. The number of hydrogen-bond acceptors (Lipinski definition) is 5. The average molecular weight is 234 g/mol. The van der Waals surface area contributed by atoms with Crippen molar-refractivity contribution >= 4 is 17.5 Å². The highest BCUT2D eigenvalue weighted by atomic mass is 16.5. The van der Waals surface area contributed by atoms with E-state index < -0.39 is 23.5 Å². The maximum absolute atomic E-state index is 12.0. The van der Waals surface area contributed by atoms with E-state index in [0.29, 0.717) is 11.3 Å². The van der Waals surface area contributed by atoms with E-state index in [2.05, 4.69) is 4.74 Å². The third-order valence-corrected chi connectivity index (χ3v) is 2.58. The minimum atomic E-state index is -1.10. The molecule has 0 bridgehead atoms. The molecule has 88 valence electrons. The van der Waals surface area contributed by atoms with Crippen molar-refractivity contribution in [2.45, 2.75) is 0 Å². The molecule has 1 atom stereocenters. The van der Waals surface area contributed by atoms with Gasteiger partial charge >= 0.3 is 5.97 Å². The Morgan fingerprint density at radius 1 is 1.35 bits per heavy atom. The first kappa shape index (κ1) is 11.3. The molecule has 0 aromatic heterocycles. The molecule has 0 saturated carbocycles. The fourth-order valence-corrected chi connectivity index (χ4v) is 1.67. The molecule has 0 amide bonds. The normalized spacial score (nSPS) is 17.9. The van der Waals surface area contributed by atoms with Crippen molar-refractivity contribution in [1.29, 1.82) is 0 Å². The molecule has 1 aromatic rings. The first-order valence-corrected chi connectivity index (χ1v) is 5.03. The summed E-state index contributed by atoms with van der Waals surface area (Å²) < 4.78 is 9.58. The highest BCUT2D eigenvalue weighted by molar-refractivity contribution is 6.39. The van der Waals surface area contributed by atoms with E-state index in [4.69, 9.17) is 4.74 Å². The second kappa shape index (κ2) is 4.37. The van der Waals surface area contributed by atoms with Crippen LogP contribution in [0.5, 0.6) is 5.75 Å². The lowest BCUT2D eigenvalue weighted by atomic mass is 9.91. The van der Waals surface area contributed by atoms with Gasteiger partial charge in [0, 0.05) is 0 Å². The lowest BCUT2D eigenvalue weighted by Crippen LogP contribution is -2.38. The number of para-hydroxylation sites is 1. The van der Waals surface area contributed by atoms with E-state index in [0.717, 1.165) is 7.11 Å². The van der Waals surface area contributed by atoms with Crippen LogP contribution < -0.4 is 4.74 Å². The van der Waals surface area contributed by atoms with Gasteiger partial charge in [0.15, 0.2) is 5.78 Å². The van der Waals surface area contributed by atoms with Crippen molar-refractivity contribution in [1.82, 2.24) is 0 Å². The molecule has 0 radical (unpaired) electrons. The summed E-state index contributed by atoms with van der Waals surface area (Å²) in [7, 11) is 1.10. The molecule has 0 N–H and O–H groups in total. The van der Waals surface area contributed by atoms with Gasteiger partial charge in [0.25, 0.3) is 5.78 Å². The van der Waals surface area contributed by atoms with Crippen LogP contribution in [0, 0.1) is 5.92 Å². The van der Waals surface area contributed by atoms with E-state index >= 15 is 0 Å². The summed E-state index contributed by atoms with van der Waals surface area (Å²) in [5.74, 6) is -2.95. The summed E-state index contributed by atoms with van der Waals surface area (Å²) in [6.45, 7) is -0.121. The van der Waals surface area contributed by atoms with Crippen LogP contribution in [0.15, 0.2) is 24.3 Å². The smallest absolute Gasteiger partial charge is 0.375 e. The molecule has 0 spiro atoms. The van der Waals surface area contributed by atoms with Crippen LogP contribution in [0.2, 0.25) is 0 Å². The first-order valence-electron chi connectivity index (χ1n) is 5.03. The Bertz CT molecular complexity index is 491. The Labute approximate surface area is 97.3 Å². The second-order valence-corrected chi connectivity index (χ2v) is 3.58. The van der Waals surface area contributed by atoms with Crippen molar-refractivity contribution in [3.8, 4) is 5.75 Å². The quantitative estimate of drug-likeness (QED) is 0.426. The second-order valence-electron chi connectivity index (χ2n) is 3.58. The minimum absolute atomic E-state index is 0.121. The van der Waals surface area contributed by atoms with Crippen molar-refractivity contribution in [2.75, 3.05) is 13.7 Å². The summed E-state index contributed by atoms with van der Waals surface area (Å²) in [5.41, 5.74) is 0.320. The molecule has 1 heterocycles. The highest BCUT2D eigenvalue weighted by Gasteiger charge is 2.37. The third kappa shape index (κ3) is 1.91. The summed E-state index contributed by atoms with van der Waals surface area (Å²) in [6.07, 6.45) is 0. The number of carbonyl (C=O) groups is 3.